The summed E-state index contributed by atoms with van der Waals surface area (Å²) in [6.45, 7) is 3.42. The van der Waals surface area contributed by atoms with Crippen LogP contribution in [0, 0.1) is 41.7 Å². The Balaban J connectivity index is 1.50. The van der Waals surface area contributed by atoms with Crippen LogP contribution in [0.15, 0.2) is 48.0 Å². The minimum atomic E-state index is -1.94. The number of nitro benzene ring substituents is 1. The molecular formula is C29H24BrCl2N3O7. The fourth-order valence-corrected chi connectivity index (χ4v) is 8.69. The number of nitrogens with zero attached hydrogens (tertiary/aromatic N) is 3. The zero-order chi connectivity index (χ0) is 30.5. The first-order valence-corrected chi connectivity index (χ1v) is 15.1. The fraction of sp³-hybridized carbons (Fsp3) is 0.379. The third-order valence-electron chi connectivity index (χ3n) is 9.18. The molecule has 4 aliphatic rings. The zero-order valence-corrected chi connectivity index (χ0v) is 25.4. The number of phenols is 1. The average Bonchev–Trinajstić information content (AvgIpc) is 3.29. The molecule has 2 aromatic carbocycles. The number of rotatable bonds is 4. The third kappa shape index (κ3) is 3.62. The summed E-state index contributed by atoms with van der Waals surface area (Å²) in [4.78, 5) is 64.0. The van der Waals surface area contributed by atoms with Crippen molar-refractivity contribution in [2.75, 3.05) is 10.4 Å². The number of halogens is 3. The maximum absolute atomic E-state index is 14.0. The highest BCUT2D eigenvalue weighted by atomic mass is 79.9. The number of alkyl halides is 3. The second-order valence-electron chi connectivity index (χ2n) is 11.3. The average molecular weight is 677 g/mol. The standard InChI is InChI=1S/C29H24BrCl2N3O7/c1-13-9-15(10-14(2)23(13)36)22-18-7-8-19-21(20(18)11-28(31)26(39)33(12-30)27(40)29(22,28)32)25(38)34(24(19)37)16-3-5-17(6-4-16)35(41)42/h3-7,9-10,19-22,36H,8,11-12H2,1-2H3/t19-,20+,21-,22-,28+,29-/m0/s1. The predicted molar refractivity (Wildman–Crippen MR) is 157 cm³/mol. The monoisotopic (exact) mass is 675 g/mol. The van der Waals surface area contributed by atoms with Gasteiger partial charge in [0.25, 0.3) is 17.5 Å². The molecule has 1 N–H and O–H groups in total. The van der Waals surface area contributed by atoms with Gasteiger partial charge in [0.2, 0.25) is 11.8 Å². The molecule has 10 nitrogen and oxygen atoms in total. The molecule has 13 heteroatoms. The number of hydrogen-bond acceptors (Lipinski definition) is 7. The lowest BCUT2D eigenvalue weighted by molar-refractivity contribution is -0.384. The number of carbonyl (C=O) groups is 4. The summed E-state index contributed by atoms with van der Waals surface area (Å²) in [5.74, 6) is -5.55. The van der Waals surface area contributed by atoms with E-state index < -0.39 is 62.0 Å². The SMILES string of the molecule is Cc1cc([C@H]2C3=CC[C@@H]4C(=O)N(c5ccc([N+](=O)[O-])cc5)C(=O)[C@@H]4[C@@H]3C[C@@]3(Cl)C(=O)N(CBr)C(=O)[C@@]23Cl)cc(C)c1O. The molecule has 0 spiro atoms. The second kappa shape index (κ2) is 9.62. The Hall–Kier alpha value is -3.28. The summed E-state index contributed by atoms with van der Waals surface area (Å²) < 4.78 is 0. The maximum Gasteiger partial charge on any atom is 0.269 e. The van der Waals surface area contributed by atoms with Crippen LogP contribution in [0.1, 0.15) is 35.4 Å². The molecule has 0 aromatic heterocycles. The maximum atomic E-state index is 14.0. The molecule has 2 aliphatic heterocycles. The van der Waals surface area contributed by atoms with E-state index in [4.69, 9.17) is 23.2 Å². The van der Waals surface area contributed by atoms with E-state index in [1.54, 1.807) is 26.0 Å². The molecule has 218 valence electrons. The Kier molecular flexibility index (Phi) is 6.60. The first-order valence-electron chi connectivity index (χ1n) is 13.2. The normalized spacial score (nSPS) is 32.1. The second-order valence-corrected chi connectivity index (χ2v) is 13.0. The van der Waals surface area contributed by atoms with Gasteiger partial charge in [-0.1, -0.05) is 39.7 Å². The Labute approximate surface area is 258 Å². The summed E-state index contributed by atoms with van der Waals surface area (Å²) in [5.41, 5.74) is 2.15. The van der Waals surface area contributed by atoms with Gasteiger partial charge in [0.05, 0.1) is 27.9 Å². The lowest BCUT2D eigenvalue weighted by Gasteiger charge is -2.51. The van der Waals surface area contributed by atoms with Crippen molar-refractivity contribution < 1.29 is 29.2 Å². The largest absolute Gasteiger partial charge is 0.507 e. The number of non-ortho nitro benzene ring substituents is 1. The van der Waals surface area contributed by atoms with Crippen molar-refractivity contribution in [2.45, 2.75) is 42.4 Å². The number of carbonyl (C=O) groups excluding carboxylic acids is 4. The highest BCUT2D eigenvalue weighted by Gasteiger charge is 2.76. The molecule has 0 radical (unpaired) electrons. The van der Waals surface area contributed by atoms with Gasteiger partial charge in [-0.3, -0.25) is 39.1 Å². The number of anilines is 1. The van der Waals surface area contributed by atoms with Crippen molar-refractivity contribution in [1.29, 1.82) is 0 Å². The van der Waals surface area contributed by atoms with E-state index in [1.165, 1.54) is 24.3 Å². The molecular weight excluding hydrogens is 653 g/mol. The molecule has 0 bridgehead atoms. The zero-order valence-electron chi connectivity index (χ0n) is 22.3. The Bertz CT molecular complexity index is 1620. The molecule has 3 fully saturated rings. The minimum absolute atomic E-state index is 0.0794. The number of aromatic hydroxyl groups is 1. The van der Waals surface area contributed by atoms with E-state index in [9.17, 15) is 34.4 Å². The van der Waals surface area contributed by atoms with Crippen molar-refractivity contribution in [2.24, 2.45) is 17.8 Å². The summed E-state index contributed by atoms with van der Waals surface area (Å²) >= 11 is 17.7. The molecule has 6 atom stereocenters. The molecule has 4 amide bonds. The van der Waals surface area contributed by atoms with Crippen LogP contribution in [0.2, 0.25) is 0 Å². The fourth-order valence-electron chi connectivity index (χ4n) is 7.26. The number of benzene rings is 2. The Morgan fingerprint density at radius 2 is 1.64 bits per heavy atom. The number of imide groups is 2. The van der Waals surface area contributed by atoms with Gasteiger partial charge in [-0.2, -0.15) is 0 Å². The van der Waals surface area contributed by atoms with Crippen LogP contribution >= 0.6 is 39.1 Å². The third-order valence-corrected chi connectivity index (χ3v) is 11.1. The number of amides is 4. The summed E-state index contributed by atoms with van der Waals surface area (Å²) in [5, 5.41) is 21.6. The van der Waals surface area contributed by atoms with Gasteiger partial charge >= 0.3 is 0 Å². The summed E-state index contributed by atoms with van der Waals surface area (Å²) in [7, 11) is 0. The van der Waals surface area contributed by atoms with Crippen LogP contribution in [0.5, 0.6) is 5.75 Å². The van der Waals surface area contributed by atoms with Gasteiger partial charge in [-0.15, -0.1) is 23.2 Å². The smallest absolute Gasteiger partial charge is 0.269 e. The number of allylic oxidation sites excluding steroid dienone is 2. The number of nitro groups is 1. The number of likely N-dealkylation sites (tertiary alicyclic amines) is 1. The van der Waals surface area contributed by atoms with Gasteiger partial charge in [0, 0.05) is 18.1 Å². The van der Waals surface area contributed by atoms with Gasteiger partial charge in [-0.25, -0.2) is 0 Å². The molecule has 42 heavy (non-hydrogen) atoms. The molecule has 2 heterocycles. The molecule has 0 unspecified atom stereocenters. The first kappa shape index (κ1) is 28.8. The van der Waals surface area contributed by atoms with Crippen molar-refractivity contribution in [3.8, 4) is 5.75 Å². The van der Waals surface area contributed by atoms with E-state index in [0.717, 1.165) is 9.80 Å². The van der Waals surface area contributed by atoms with E-state index >= 15 is 0 Å². The Morgan fingerprint density at radius 3 is 2.21 bits per heavy atom. The van der Waals surface area contributed by atoms with Crippen LogP contribution in [0.25, 0.3) is 0 Å². The minimum Gasteiger partial charge on any atom is -0.507 e. The van der Waals surface area contributed by atoms with Gasteiger partial charge in [0.15, 0.2) is 9.75 Å². The number of hydrogen-bond donors (Lipinski definition) is 1. The van der Waals surface area contributed by atoms with Crippen molar-refractivity contribution in [3.05, 3.63) is 74.9 Å². The molecule has 6 rings (SSSR count). The number of aryl methyl sites for hydroxylation is 2. The lowest BCUT2D eigenvalue weighted by atomic mass is 9.56. The van der Waals surface area contributed by atoms with Gasteiger partial charge in [-0.05, 0) is 61.4 Å². The van der Waals surface area contributed by atoms with Crippen LogP contribution < -0.4 is 4.90 Å². The highest BCUT2D eigenvalue weighted by molar-refractivity contribution is 9.09. The lowest BCUT2D eigenvalue weighted by Crippen LogP contribution is -2.60. The summed E-state index contributed by atoms with van der Waals surface area (Å²) in [6, 6.07) is 8.55. The molecule has 2 aromatic rings. The van der Waals surface area contributed by atoms with E-state index in [-0.39, 0.29) is 35.4 Å². The van der Waals surface area contributed by atoms with Crippen molar-refractivity contribution in [3.63, 3.8) is 0 Å². The van der Waals surface area contributed by atoms with Crippen LogP contribution in [-0.2, 0) is 19.2 Å². The van der Waals surface area contributed by atoms with E-state index in [1.807, 2.05) is 6.08 Å². The van der Waals surface area contributed by atoms with Gasteiger partial charge in [0.1, 0.15) is 5.75 Å². The molecule has 2 saturated heterocycles. The van der Waals surface area contributed by atoms with Gasteiger partial charge < -0.3 is 5.11 Å². The quantitative estimate of drug-likeness (QED) is 0.122. The van der Waals surface area contributed by atoms with Crippen molar-refractivity contribution in [1.82, 2.24) is 4.90 Å². The van der Waals surface area contributed by atoms with Crippen molar-refractivity contribution >= 4 is 74.1 Å². The van der Waals surface area contributed by atoms with Crippen LogP contribution in [0.3, 0.4) is 0 Å². The summed E-state index contributed by atoms with van der Waals surface area (Å²) in [6.07, 6.45) is 1.86. The predicted octanol–water partition coefficient (Wildman–Crippen LogP) is 4.83. The highest BCUT2D eigenvalue weighted by Crippen LogP contribution is 2.65. The molecule has 2 aliphatic carbocycles. The first-order chi connectivity index (χ1) is 19.8. The van der Waals surface area contributed by atoms with E-state index in [2.05, 4.69) is 15.9 Å². The van der Waals surface area contributed by atoms with Crippen LogP contribution in [0.4, 0.5) is 11.4 Å². The number of fused-ring (bicyclic) bond motifs is 4. The van der Waals surface area contributed by atoms with E-state index in [0.29, 0.717) is 22.3 Å². The Morgan fingerprint density at radius 1 is 1.02 bits per heavy atom. The number of phenolic OH excluding ortho intramolecular Hbond substituents is 1. The van der Waals surface area contributed by atoms with Crippen LogP contribution in [-0.4, -0.2) is 53.8 Å². The molecule has 1 saturated carbocycles. The topological polar surface area (TPSA) is 138 Å².